The molecule has 1 nitrogen and oxygen atoms in total. The molecule has 0 radical (unpaired) electrons. The first-order valence-corrected chi connectivity index (χ1v) is 11.4. The first-order chi connectivity index (χ1) is 12.8. The second-order valence-corrected chi connectivity index (χ2v) is 8.87. The summed E-state index contributed by atoms with van der Waals surface area (Å²) in [6, 6.07) is 6.99. The molecule has 0 heterocycles. The average molecular weight is 355 g/mol. The lowest BCUT2D eigenvalue weighted by molar-refractivity contribution is -0.118. The average Bonchev–Trinajstić information content (AvgIpc) is 2.67. The summed E-state index contributed by atoms with van der Waals surface area (Å²) in [5.41, 5.74) is 4.29. The van der Waals surface area contributed by atoms with Crippen LogP contribution in [0.3, 0.4) is 0 Å². The standard InChI is InChI=1S/C25H38O/c1-2-3-4-5-6-7-8-9-20-10-12-21(13-11-20)22-14-15-24-19-25(26)17-16-23(24)18-22/h14-15,18,20-21H,2-13,16-17,19H2,1H3. The molecule has 0 atom stereocenters. The van der Waals surface area contributed by atoms with Crippen LogP contribution in [0.1, 0.15) is 113 Å². The molecule has 1 saturated carbocycles. The van der Waals surface area contributed by atoms with E-state index in [1.807, 2.05) is 0 Å². The summed E-state index contributed by atoms with van der Waals surface area (Å²) < 4.78 is 0. The molecule has 0 unspecified atom stereocenters. The van der Waals surface area contributed by atoms with Crippen molar-refractivity contribution in [3.8, 4) is 0 Å². The van der Waals surface area contributed by atoms with Crippen LogP contribution in [0.2, 0.25) is 0 Å². The zero-order valence-corrected chi connectivity index (χ0v) is 16.9. The smallest absolute Gasteiger partial charge is 0.137 e. The second kappa shape index (κ2) is 10.3. The highest BCUT2D eigenvalue weighted by Gasteiger charge is 2.23. The van der Waals surface area contributed by atoms with Crippen molar-refractivity contribution in [3.63, 3.8) is 0 Å². The van der Waals surface area contributed by atoms with E-state index >= 15 is 0 Å². The maximum absolute atomic E-state index is 11.6. The largest absolute Gasteiger partial charge is 0.299 e. The molecule has 2 aliphatic carbocycles. The molecule has 0 bridgehead atoms. The minimum Gasteiger partial charge on any atom is -0.299 e. The Bertz CT molecular complexity index is 566. The van der Waals surface area contributed by atoms with E-state index in [0.717, 1.165) is 24.7 Å². The highest BCUT2D eigenvalue weighted by molar-refractivity contribution is 5.83. The van der Waals surface area contributed by atoms with Crippen LogP contribution >= 0.6 is 0 Å². The van der Waals surface area contributed by atoms with E-state index in [2.05, 4.69) is 25.1 Å². The molecule has 3 rings (SSSR count). The lowest BCUT2D eigenvalue weighted by atomic mass is 9.76. The number of hydrogen-bond donors (Lipinski definition) is 0. The monoisotopic (exact) mass is 354 g/mol. The van der Waals surface area contributed by atoms with Crippen LogP contribution in [-0.2, 0) is 17.6 Å². The van der Waals surface area contributed by atoms with Gasteiger partial charge in [-0.15, -0.1) is 0 Å². The molecule has 0 aromatic heterocycles. The summed E-state index contributed by atoms with van der Waals surface area (Å²) in [6.45, 7) is 2.29. The number of Topliss-reactive ketones (excluding diaryl/α,β-unsaturated/α-hetero) is 1. The molecule has 1 heteroatoms. The van der Waals surface area contributed by atoms with Gasteiger partial charge in [-0.25, -0.2) is 0 Å². The van der Waals surface area contributed by atoms with Gasteiger partial charge in [-0.3, -0.25) is 4.79 Å². The molecule has 0 amide bonds. The Morgan fingerprint density at radius 1 is 0.846 bits per heavy atom. The summed E-state index contributed by atoms with van der Waals surface area (Å²) in [4.78, 5) is 11.6. The maximum atomic E-state index is 11.6. The van der Waals surface area contributed by atoms with Crippen LogP contribution in [0.5, 0.6) is 0 Å². The Morgan fingerprint density at radius 3 is 2.35 bits per heavy atom. The molecule has 1 aromatic carbocycles. The number of carbonyl (C=O) groups is 1. The van der Waals surface area contributed by atoms with Crippen molar-refractivity contribution in [2.24, 2.45) is 5.92 Å². The molecular formula is C25H38O. The molecule has 0 aliphatic heterocycles. The summed E-state index contributed by atoms with van der Waals surface area (Å²) in [7, 11) is 0. The topological polar surface area (TPSA) is 17.1 Å². The van der Waals surface area contributed by atoms with Crippen LogP contribution < -0.4 is 0 Å². The van der Waals surface area contributed by atoms with E-state index < -0.39 is 0 Å². The molecule has 144 valence electrons. The summed E-state index contributed by atoms with van der Waals surface area (Å²) in [6.07, 6.45) is 19.5. The van der Waals surface area contributed by atoms with Gasteiger partial charge in [-0.2, -0.15) is 0 Å². The highest BCUT2D eigenvalue weighted by atomic mass is 16.1. The van der Waals surface area contributed by atoms with Crippen LogP contribution in [0, 0.1) is 5.92 Å². The second-order valence-electron chi connectivity index (χ2n) is 8.87. The van der Waals surface area contributed by atoms with E-state index in [-0.39, 0.29) is 0 Å². The lowest BCUT2D eigenvalue weighted by Crippen LogP contribution is -2.16. The Balaban J connectivity index is 1.37. The maximum Gasteiger partial charge on any atom is 0.137 e. The molecule has 0 spiro atoms. The van der Waals surface area contributed by atoms with Crippen LogP contribution in [0.25, 0.3) is 0 Å². The summed E-state index contributed by atoms with van der Waals surface area (Å²) >= 11 is 0. The minimum atomic E-state index is 0.413. The molecule has 0 saturated heterocycles. The summed E-state index contributed by atoms with van der Waals surface area (Å²) in [5.74, 6) is 2.16. The van der Waals surface area contributed by atoms with E-state index in [4.69, 9.17) is 0 Å². The summed E-state index contributed by atoms with van der Waals surface area (Å²) in [5, 5.41) is 0. The number of aryl methyl sites for hydroxylation is 1. The van der Waals surface area contributed by atoms with Crippen LogP contribution in [0.4, 0.5) is 0 Å². The predicted octanol–water partition coefficient (Wildman–Crippen LogP) is 7.16. The van der Waals surface area contributed by atoms with E-state index in [1.165, 1.54) is 88.2 Å². The van der Waals surface area contributed by atoms with Crippen molar-refractivity contribution in [2.45, 2.75) is 109 Å². The molecule has 1 aromatic rings. The predicted molar refractivity (Wildman–Crippen MR) is 111 cm³/mol. The number of unbranched alkanes of at least 4 members (excludes halogenated alkanes) is 6. The number of ketones is 1. The molecule has 0 N–H and O–H groups in total. The zero-order valence-electron chi connectivity index (χ0n) is 16.9. The third-order valence-electron chi connectivity index (χ3n) is 6.83. The number of benzene rings is 1. The molecule has 26 heavy (non-hydrogen) atoms. The number of carbonyl (C=O) groups excluding carboxylic acids is 1. The highest BCUT2D eigenvalue weighted by Crippen LogP contribution is 2.38. The van der Waals surface area contributed by atoms with E-state index in [0.29, 0.717) is 12.2 Å². The molecule has 1 fully saturated rings. The first kappa shape index (κ1) is 19.6. The van der Waals surface area contributed by atoms with Crippen molar-refractivity contribution in [1.29, 1.82) is 0 Å². The van der Waals surface area contributed by atoms with Gasteiger partial charge in [0.1, 0.15) is 5.78 Å². The SMILES string of the molecule is CCCCCCCCCC1CCC(c2ccc3c(c2)CCC(=O)C3)CC1. The van der Waals surface area contributed by atoms with E-state index in [1.54, 1.807) is 5.56 Å². The van der Waals surface area contributed by atoms with Gasteiger partial charge in [0.2, 0.25) is 0 Å². The molecular weight excluding hydrogens is 316 g/mol. The Morgan fingerprint density at radius 2 is 1.58 bits per heavy atom. The van der Waals surface area contributed by atoms with Crippen molar-refractivity contribution in [2.75, 3.05) is 0 Å². The van der Waals surface area contributed by atoms with Gasteiger partial charge in [0.15, 0.2) is 0 Å². The third-order valence-corrected chi connectivity index (χ3v) is 6.83. The lowest BCUT2D eigenvalue weighted by Gasteiger charge is -2.29. The Labute approximate surface area is 161 Å². The van der Waals surface area contributed by atoms with Gasteiger partial charge in [0.25, 0.3) is 0 Å². The fourth-order valence-corrected chi connectivity index (χ4v) is 5.05. The molecule has 2 aliphatic rings. The van der Waals surface area contributed by atoms with Crippen LogP contribution in [0.15, 0.2) is 18.2 Å². The third kappa shape index (κ3) is 5.69. The quantitative estimate of drug-likeness (QED) is 0.430. The van der Waals surface area contributed by atoms with Crippen molar-refractivity contribution < 1.29 is 4.79 Å². The Hall–Kier alpha value is -1.11. The van der Waals surface area contributed by atoms with Gasteiger partial charge in [-0.1, -0.05) is 76.5 Å². The minimum absolute atomic E-state index is 0.413. The van der Waals surface area contributed by atoms with Gasteiger partial charge in [0, 0.05) is 12.8 Å². The number of fused-ring (bicyclic) bond motifs is 1. The van der Waals surface area contributed by atoms with Crippen LogP contribution in [-0.4, -0.2) is 5.78 Å². The van der Waals surface area contributed by atoms with Crippen molar-refractivity contribution >= 4 is 5.78 Å². The van der Waals surface area contributed by atoms with Gasteiger partial charge in [0.05, 0.1) is 0 Å². The fourth-order valence-electron chi connectivity index (χ4n) is 5.05. The Kier molecular flexibility index (Phi) is 7.77. The number of rotatable bonds is 9. The van der Waals surface area contributed by atoms with Crippen molar-refractivity contribution in [1.82, 2.24) is 0 Å². The van der Waals surface area contributed by atoms with Gasteiger partial charge < -0.3 is 0 Å². The first-order valence-electron chi connectivity index (χ1n) is 11.4. The van der Waals surface area contributed by atoms with Gasteiger partial charge in [-0.05, 0) is 60.6 Å². The number of hydrogen-bond acceptors (Lipinski definition) is 1. The zero-order chi connectivity index (χ0) is 18.2. The van der Waals surface area contributed by atoms with Crippen molar-refractivity contribution in [3.05, 3.63) is 34.9 Å². The van der Waals surface area contributed by atoms with Gasteiger partial charge >= 0.3 is 0 Å². The fraction of sp³-hybridized carbons (Fsp3) is 0.720. The van der Waals surface area contributed by atoms with E-state index in [9.17, 15) is 4.79 Å². The normalized spacial score (nSPS) is 23.0.